The van der Waals surface area contributed by atoms with E-state index in [-0.39, 0.29) is 18.0 Å². The molecule has 0 amide bonds. The van der Waals surface area contributed by atoms with Gasteiger partial charge in [-0.05, 0) is 31.5 Å². The molecule has 1 rings (SSSR count). The summed E-state index contributed by atoms with van der Waals surface area (Å²) in [6.45, 7) is 2.67. The monoisotopic (exact) mass is 247 g/mol. The van der Waals surface area contributed by atoms with Crippen molar-refractivity contribution in [3.63, 3.8) is 0 Å². The van der Waals surface area contributed by atoms with Gasteiger partial charge in [0.1, 0.15) is 17.4 Å². The van der Waals surface area contributed by atoms with E-state index in [1.165, 1.54) is 38.1 Å². The van der Waals surface area contributed by atoms with Crippen molar-refractivity contribution in [2.75, 3.05) is 0 Å². The third-order valence-electron chi connectivity index (χ3n) is 2.89. The third-order valence-corrected chi connectivity index (χ3v) is 2.89. The summed E-state index contributed by atoms with van der Waals surface area (Å²) in [6, 6.07) is 7.52. The zero-order valence-electron chi connectivity index (χ0n) is 10.3. The highest BCUT2D eigenvalue weighted by Gasteiger charge is 2.30. The fraction of sp³-hybridized carbons (Fsp3) is 0.357. The van der Waals surface area contributed by atoms with Gasteiger partial charge in [-0.1, -0.05) is 12.1 Å². The van der Waals surface area contributed by atoms with Crippen molar-refractivity contribution >= 4 is 11.6 Å². The molecule has 1 unspecified atom stereocenters. The maximum absolute atomic E-state index is 12.9. The standard InChI is InChI=1S/C14H14FNO2/c1-9(17)14(10(2)18)13(7-8-16)11-3-5-12(15)6-4-11/h3-6,13-14H,7H2,1-2H3. The van der Waals surface area contributed by atoms with Crippen LogP contribution < -0.4 is 0 Å². The number of benzene rings is 1. The Kier molecular flexibility index (Phi) is 4.73. The molecule has 0 radical (unpaired) electrons. The van der Waals surface area contributed by atoms with Crippen molar-refractivity contribution in [3.8, 4) is 6.07 Å². The molecule has 1 aromatic rings. The van der Waals surface area contributed by atoms with Crippen molar-refractivity contribution in [1.29, 1.82) is 5.26 Å². The first-order valence-corrected chi connectivity index (χ1v) is 5.60. The van der Waals surface area contributed by atoms with Gasteiger partial charge in [-0.15, -0.1) is 0 Å². The highest BCUT2D eigenvalue weighted by molar-refractivity contribution is 6.01. The maximum atomic E-state index is 12.9. The van der Waals surface area contributed by atoms with Crippen LogP contribution >= 0.6 is 0 Å². The number of carbonyl (C=O) groups excluding carboxylic acids is 2. The first kappa shape index (κ1) is 14.0. The molecular formula is C14H14FNO2. The fourth-order valence-electron chi connectivity index (χ4n) is 2.09. The predicted molar refractivity (Wildman–Crippen MR) is 64.2 cm³/mol. The molecule has 1 aromatic carbocycles. The van der Waals surface area contributed by atoms with E-state index in [0.717, 1.165) is 0 Å². The van der Waals surface area contributed by atoms with Crippen LogP contribution in [0.3, 0.4) is 0 Å². The van der Waals surface area contributed by atoms with Gasteiger partial charge in [0.25, 0.3) is 0 Å². The molecule has 94 valence electrons. The van der Waals surface area contributed by atoms with E-state index in [4.69, 9.17) is 5.26 Å². The van der Waals surface area contributed by atoms with E-state index in [2.05, 4.69) is 0 Å². The van der Waals surface area contributed by atoms with Crippen LogP contribution in [0.2, 0.25) is 0 Å². The first-order valence-electron chi connectivity index (χ1n) is 5.60. The van der Waals surface area contributed by atoms with Gasteiger partial charge in [0.2, 0.25) is 0 Å². The Morgan fingerprint density at radius 2 is 1.72 bits per heavy atom. The lowest BCUT2D eigenvalue weighted by atomic mass is 9.79. The summed E-state index contributed by atoms with van der Waals surface area (Å²) in [5.41, 5.74) is 0.633. The molecule has 0 fully saturated rings. The highest BCUT2D eigenvalue weighted by atomic mass is 19.1. The van der Waals surface area contributed by atoms with Gasteiger partial charge in [-0.3, -0.25) is 9.59 Å². The minimum Gasteiger partial charge on any atom is -0.299 e. The number of carbonyl (C=O) groups is 2. The van der Waals surface area contributed by atoms with E-state index >= 15 is 0 Å². The van der Waals surface area contributed by atoms with Crippen molar-refractivity contribution < 1.29 is 14.0 Å². The molecule has 0 spiro atoms. The molecule has 0 aliphatic carbocycles. The van der Waals surface area contributed by atoms with Gasteiger partial charge in [-0.2, -0.15) is 5.26 Å². The number of rotatable bonds is 5. The average Bonchev–Trinajstić information content (AvgIpc) is 2.28. The Balaban J connectivity index is 3.16. The Hall–Kier alpha value is -2.02. The molecule has 0 N–H and O–H groups in total. The van der Waals surface area contributed by atoms with Gasteiger partial charge in [0.15, 0.2) is 0 Å². The lowest BCUT2D eigenvalue weighted by Crippen LogP contribution is -2.27. The topological polar surface area (TPSA) is 57.9 Å². The number of nitriles is 1. The Labute approximate surface area is 105 Å². The first-order chi connectivity index (χ1) is 8.47. The summed E-state index contributed by atoms with van der Waals surface area (Å²) in [4.78, 5) is 23.1. The van der Waals surface area contributed by atoms with Gasteiger partial charge in [-0.25, -0.2) is 4.39 Å². The SMILES string of the molecule is CC(=O)C(C(C)=O)C(CC#N)c1ccc(F)cc1. The Morgan fingerprint density at radius 3 is 2.11 bits per heavy atom. The van der Waals surface area contributed by atoms with Crippen molar-refractivity contribution in [1.82, 2.24) is 0 Å². The van der Waals surface area contributed by atoms with Crippen LogP contribution in [0.1, 0.15) is 31.7 Å². The van der Waals surface area contributed by atoms with Crippen molar-refractivity contribution in [2.45, 2.75) is 26.2 Å². The normalized spacial score (nSPS) is 11.9. The Bertz CT molecular complexity index is 474. The second-order valence-corrected chi connectivity index (χ2v) is 4.22. The third kappa shape index (κ3) is 3.24. The number of ketones is 2. The average molecular weight is 247 g/mol. The molecule has 0 aliphatic heterocycles. The van der Waals surface area contributed by atoms with E-state index in [9.17, 15) is 14.0 Å². The molecule has 0 aromatic heterocycles. The summed E-state index contributed by atoms with van der Waals surface area (Å²) in [5.74, 6) is -2.28. The summed E-state index contributed by atoms with van der Waals surface area (Å²) in [5, 5.41) is 8.82. The van der Waals surface area contributed by atoms with Crippen molar-refractivity contribution in [3.05, 3.63) is 35.6 Å². The molecule has 0 saturated heterocycles. The number of halogens is 1. The molecule has 0 heterocycles. The van der Waals surface area contributed by atoms with Crippen LogP contribution in [0.25, 0.3) is 0 Å². The minimum absolute atomic E-state index is 0.0511. The number of hydrogen-bond acceptors (Lipinski definition) is 3. The summed E-state index contributed by atoms with van der Waals surface area (Å²) in [6.07, 6.45) is 0.0511. The molecule has 4 heteroatoms. The molecule has 0 bridgehead atoms. The van der Waals surface area contributed by atoms with Gasteiger partial charge in [0, 0.05) is 12.3 Å². The summed E-state index contributed by atoms with van der Waals surface area (Å²) < 4.78 is 12.9. The lowest BCUT2D eigenvalue weighted by molar-refractivity contribution is -0.131. The van der Waals surface area contributed by atoms with E-state index in [1.807, 2.05) is 6.07 Å². The zero-order valence-corrected chi connectivity index (χ0v) is 10.3. The van der Waals surface area contributed by atoms with Crippen LogP contribution in [0.4, 0.5) is 4.39 Å². The van der Waals surface area contributed by atoms with E-state index in [1.54, 1.807) is 0 Å². The minimum atomic E-state index is -0.838. The quantitative estimate of drug-likeness (QED) is 0.751. The predicted octanol–water partition coefficient (Wildman–Crippen LogP) is 2.62. The van der Waals surface area contributed by atoms with Gasteiger partial charge >= 0.3 is 0 Å². The molecule has 1 atom stereocenters. The van der Waals surface area contributed by atoms with Crippen LogP contribution in [-0.2, 0) is 9.59 Å². The summed E-state index contributed by atoms with van der Waals surface area (Å²) >= 11 is 0. The molecule has 0 aliphatic rings. The lowest BCUT2D eigenvalue weighted by Gasteiger charge is -2.21. The number of hydrogen-bond donors (Lipinski definition) is 0. The van der Waals surface area contributed by atoms with Gasteiger partial charge < -0.3 is 0 Å². The number of nitrogens with zero attached hydrogens (tertiary/aromatic N) is 1. The maximum Gasteiger partial charge on any atom is 0.140 e. The van der Waals surface area contributed by atoms with Crippen molar-refractivity contribution in [2.24, 2.45) is 5.92 Å². The second kappa shape index (κ2) is 6.06. The van der Waals surface area contributed by atoms with Crippen LogP contribution in [0, 0.1) is 23.1 Å². The van der Waals surface area contributed by atoms with Crippen LogP contribution in [0.15, 0.2) is 24.3 Å². The molecule has 18 heavy (non-hydrogen) atoms. The Morgan fingerprint density at radius 1 is 1.22 bits per heavy atom. The fourth-order valence-corrected chi connectivity index (χ4v) is 2.09. The number of Topliss-reactive ketones (excluding diaryl/α,β-unsaturated/α-hetero) is 2. The molecular weight excluding hydrogens is 233 g/mol. The van der Waals surface area contributed by atoms with E-state index in [0.29, 0.717) is 5.56 Å². The van der Waals surface area contributed by atoms with Crippen LogP contribution in [0.5, 0.6) is 0 Å². The van der Waals surface area contributed by atoms with E-state index < -0.39 is 17.7 Å². The largest absolute Gasteiger partial charge is 0.299 e. The summed E-state index contributed by atoms with van der Waals surface area (Å²) in [7, 11) is 0. The van der Waals surface area contributed by atoms with Crippen LogP contribution in [-0.4, -0.2) is 11.6 Å². The highest BCUT2D eigenvalue weighted by Crippen LogP contribution is 2.29. The zero-order chi connectivity index (χ0) is 13.7. The van der Waals surface area contributed by atoms with Gasteiger partial charge in [0.05, 0.1) is 12.0 Å². The molecule has 3 nitrogen and oxygen atoms in total. The smallest absolute Gasteiger partial charge is 0.140 e. The second-order valence-electron chi connectivity index (χ2n) is 4.22. The molecule has 0 saturated carbocycles.